The maximum Gasteiger partial charge on any atom is 0.306 e. The van der Waals surface area contributed by atoms with Crippen molar-refractivity contribution < 1.29 is 19.4 Å². The highest BCUT2D eigenvalue weighted by molar-refractivity contribution is 5.97. The van der Waals surface area contributed by atoms with E-state index in [1.54, 1.807) is 37.3 Å². The molecule has 0 radical (unpaired) electrons. The van der Waals surface area contributed by atoms with Crippen LogP contribution >= 0.6 is 0 Å². The van der Waals surface area contributed by atoms with Crippen LogP contribution in [-0.4, -0.2) is 21.2 Å². The molecule has 1 aromatic heterocycles. The number of benzene rings is 2. The third-order valence-corrected chi connectivity index (χ3v) is 4.72. The third-order valence-electron chi connectivity index (χ3n) is 4.72. The minimum atomic E-state index is -0.883. The summed E-state index contributed by atoms with van der Waals surface area (Å²) in [6.45, 7) is 5.72. The molecule has 140 valence electrons. The van der Waals surface area contributed by atoms with Crippen LogP contribution in [0.15, 0.2) is 42.5 Å². The van der Waals surface area contributed by atoms with E-state index in [2.05, 4.69) is 4.98 Å². The number of phenols is 1. The van der Waals surface area contributed by atoms with Crippen molar-refractivity contribution in [2.24, 2.45) is 5.92 Å². The quantitative estimate of drug-likeness (QED) is 0.656. The van der Waals surface area contributed by atoms with E-state index in [0.717, 1.165) is 22.1 Å². The van der Waals surface area contributed by atoms with Crippen molar-refractivity contribution in [3.05, 3.63) is 59.5 Å². The number of aromatic hydroxyl groups is 1. The summed E-state index contributed by atoms with van der Waals surface area (Å²) >= 11 is 0. The number of aromatic nitrogens is 1. The van der Waals surface area contributed by atoms with Crippen molar-refractivity contribution in [2.75, 3.05) is 0 Å². The van der Waals surface area contributed by atoms with Gasteiger partial charge in [-0.15, -0.1) is 0 Å². The number of aliphatic carboxylic acids is 1. The van der Waals surface area contributed by atoms with E-state index >= 15 is 0 Å². The predicted molar refractivity (Wildman–Crippen MR) is 103 cm³/mol. The van der Waals surface area contributed by atoms with Gasteiger partial charge < -0.3 is 10.2 Å². The minimum absolute atomic E-state index is 0.0896. The summed E-state index contributed by atoms with van der Waals surface area (Å²) in [6, 6.07) is 11.2. The molecule has 1 atom stereocenters. The second kappa shape index (κ2) is 7.35. The zero-order valence-corrected chi connectivity index (χ0v) is 15.5. The van der Waals surface area contributed by atoms with Gasteiger partial charge in [0.2, 0.25) is 0 Å². The summed E-state index contributed by atoms with van der Waals surface area (Å²) in [4.78, 5) is 16.1. The lowest BCUT2D eigenvalue weighted by molar-refractivity contribution is -0.141. The van der Waals surface area contributed by atoms with Crippen LogP contribution in [0.2, 0.25) is 0 Å². The Hall–Kier alpha value is -2.95. The molecule has 0 saturated carbocycles. The molecule has 0 bridgehead atoms. The molecule has 27 heavy (non-hydrogen) atoms. The molecule has 0 aliphatic carbocycles. The van der Waals surface area contributed by atoms with Crippen LogP contribution in [0.3, 0.4) is 0 Å². The second-order valence-corrected chi connectivity index (χ2v) is 7.15. The Morgan fingerprint density at radius 2 is 1.78 bits per heavy atom. The van der Waals surface area contributed by atoms with E-state index in [4.69, 9.17) is 0 Å². The first kappa shape index (κ1) is 18.8. The summed E-state index contributed by atoms with van der Waals surface area (Å²) in [5.74, 6) is -1.61. The lowest BCUT2D eigenvalue weighted by atomic mass is 9.86. The van der Waals surface area contributed by atoms with Crippen molar-refractivity contribution in [3.63, 3.8) is 0 Å². The number of carboxylic acids is 1. The number of phenolic OH excluding ortho intramolecular Hbond substituents is 1. The van der Waals surface area contributed by atoms with Crippen molar-refractivity contribution in [1.82, 2.24) is 4.98 Å². The van der Waals surface area contributed by atoms with Gasteiger partial charge in [-0.3, -0.25) is 9.78 Å². The number of halogens is 1. The monoisotopic (exact) mass is 367 g/mol. The van der Waals surface area contributed by atoms with Gasteiger partial charge in [0.1, 0.15) is 11.6 Å². The van der Waals surface area contributed by atoms with Gasteiger partial charge in [-0.1, -0.05) is 32.9 Å². The van der Waals surface area contributed by atoms with Gasteiger partial charge >= 0.3 is 5.97 Å². The standard InChI is InChI=1S/C22H22FNO3/c1-12(2)20-19(10-13(3)22(26)27)24-18-11-16(25)8-9-17(18)21(20)14-4-6-15(23)7-5-14/h4-9,11-13,25H,10H2,1-3H3,(H,26,27)/t13-/m1/s1. The highest BCUT2D eigenvalue weighted by Crippen LogP contribution is 2.38. The molecule has 2 N–H and O–H groups in total. The van der Waals surface area contributed by atoms with E-state index < -0.39 is 11.9 Å². The van der Waals surface area contributed by atoms with Gasteiger partial charge in [-0.05, 0) is 46.9 Å². The van der Waals surface area contributed by atoms with Crippen LogP contribution in [0.25, 0.3) is 22.0 Å². The van der Waals surface area contributed by atoms with Crippen molar-refractivity contribution in [3.8, 4) is 16.9 Å². The summed E-state index contributed by atoms with van der Waals surface area (Å²) in [5.41, 5.74) is 3.97. The lowest BCUT2D eigenvalue weighted by Gasteiger charge is -2.21. The Morgan fingerprint density at radius 3 is 2.37 bits per heavy atom. The van der Waals surface area contributed by atoms with Crippen LogP contribution in [-0.2, 0) is 11.2 Å². The SMILES string of the molecule is CC(C)c1c(C[C@@H](C)C(=O)O)nc2cc(O)ccc2c1-c1ccc(F)cc1. The molecule has 0 amide bonds. The lowest BCUT2D eigenvalue weighted by Crippen LogP contribution is -2.15. The van der Waals surface area contributed by atoms with Crippen LogP contribution in [0, 0.1) is 11.7 Å². The maximum atomic E-state index is 13.5. The average molecular weight is 367 g/mol. The highest BCUT2D eigenvalue weighted by Gasteiger charge is 2.22. The van der Waals surface area contributed by atoms with E-state index in [9.17, 15) is 19.4 Å². The molecule has 0 unspecified atom stereocenters. The maximum absolute atomic E-state index is 13.5. The largest absolute Gasteiger partial charge is 0.508 e. The topological polar surface area (TPSA) is 70.4 Å². The molecule has 0 fully saturated rings. The van der Waals surface area contributed by atoms with Crippen LogP contribution in [0.4, 0.5) is 4.39 Å². The molecule has 3 rings (SSSR count). The molecule has 0 spiro atoms. The molecule has 3 aromatic rings. The molecule has 2 aromatic carbocycles. The number of nitrogens with zero attached hydrogens (tertiary/aromatic N) is 1. The molecule has 0 aliphatic rings. The fourth-order valence-electron chi connectivity index (χ4n) is 3.40. The Kier molecular flexibility index (Phi) is 5.13. The summed E-state index contributed by atoms with van der Waals surface area (Å²) in [7, 11) is 0. The Labute approximate surface area is 157 Å². The highest BCUT2D eigenvalue weighted by atomic mass is 19.1. The number of fused-ring (bicyclic) bond motifs is 1. The molecule has 1 heterocycles. The zero-order valence-electron chi connectivity index (χ0n) is 15.5. The second-order valence-electron chi connectivity index (χ2n) is 7.15. The van der Waals surface area contributed by atoms with E-state index in [0.29, 0.717) is 11.2 Å². The summed E-state index contributed by atoms with van der Waals surface area (Å²) in [6.07, 6.45) is 0.280. The van der Waals surface area contributed by atoms with Gasteiger partial charge in [0.15, 0.2) is 0 Å². The molecule has 5 heteroatoms. The Bertz CT molecular complexity index is 997. The fraction of sp³-hybridized carbons (Fsp3) is 0.273. The fourth-order valence-corrected chi connectivity index (χ4v) is 3.40. The van der Waals surface area contributed by atoms with Gasteiger partial charge in [-0.2, -0.15) is 0 Å². The van der Waals surface area contributed by atoms with E-state index in [1.165, 1.54) is 12.1 Å². The molecule has 0 saturated heterocycles. The molecular formula is C22H22FNO3. The van der Waals surface area contributed by atoms with Gasteiger partial charge in [0.25, 0.3) is 0 Å². The third kappa shape index (κ3) is 3.77. The minimum Gasteiger partial charge on any atom is -0.508 e. The summed E-state index contributed by atoms with van der Waals surface area (Å²) in [5, 5.41) is 20.1. The number of carbonyl (C=O) groups is 1. The van der Waals surface area contributed by atoms with Crippen molar-refractivity contribution in [1.29, 1.82) is 0 Å². The number of rotatable bonds is 5. The van der Waals surface area contributed by atoms with Crippen LogP contribution in [0.1, 0.15) is 37.9 Å². The van der Waals surface area contributed by atoms with Gasteiger partial charge in [0, 0.05) is 23.6 Å². The smallest absolute Gasteiger partial charge is 0.306 e. The molecular weight excluding hydrogens is 345 g/mol. The normalized spacial score (nSPS) is 12.5. The number of pyridine rings is 1. The van der Waals surface area contributed by atoms with Crippen LogP contribution < -0.4 is 0 Å². The number of hydrogen-bond donors (Lipinski definition) is 2. The first-order valence-corrected chi connectivity index (χ1v) is 8.92. The zero-order chi connectivity index (χ0) is 19.7. The van der Waals surface area contributed by atoms with E-state index in [-0.39, 0.29) is 23.9 Å². The van der Waals surface area contributed by atoms with Crippen molar-refractivity contribution in [2.45, 2.75) is 33.1 Å². The molecule has 4 nitrogen and oxygen atoms in total. The first-order chi connectivity index (χ1) is 12.8. The van der Waals surface area contributed by atoms with E-state index in [1.807, 2.05) is 13.8 Å². The Morgan fingerprint density at radius 1 is 1.11 bits per heavy atom. The number of carboxylic acid groups (broad SMARTS) is 1. The average Bonchev–Trinajstić information content (AvgIpc) is 2.60. The number of hydrogen-bond acceptors (Lipinski definition) is 3. The predicted octanol–water partition coefficient (Wildman–Crippen LogP) is 5.13. The van der Waals surface area contributed by atoms with Gasteiger partial charge in [-0.25, -0.2) is 4.39 Å². The Balaban J connectivity index is 2.36. The van der Waals surface area contributed by atoms with Gasteiger partial charge in [0.05, 0.1) is 11.4 Å². The summed E-state index contributed by atoms with van der Waals surface area (Å²) < 4.78 is 13.5. The van der Waals surface area contributed by atoms with Crippen LogP contribution in [0.5, 0.6) is 5.75 Å². The molecule has 0 aliphatic heterocycles. The first-order valence-electron chi connectivity index (χ1n) is 8.92. The van der Waals surface area contributed by atoms with Crippen molar-refractivity contribution >= 4 is 16.9 Å².